The minimum Gasteiger partial charge on any atom is -0.497 e. The molecule has 1 aromatic heterocycles. The first-order valence-corrected chi connectivity index (χ1v) is 10.4. The molecule has 2 heterocycles. The molecule has 0 aliphatic carbocycles. The Balaban J connectivity index is 1.44. The van der Waals surface area contributed by atoms with Crippen molar-refractivity contribution in [3.05, 3.63) is 54.0 Å². The van der Waals surface area contributed by atoms with Crippen LogP contribution in [0.2, 0.25) is 0 Å². The van der Waals surface area contributed by atoms with Crippen molar-refractivity contribution in [3.8, 4) is 5.75 Å². The number of carbonyl (C=O) groups excluding carboxylic acids is 1. The van der Waals surface area contributed by atoms with E-state index in [2.05, 4.69) is 15.5 Å². The van der Waals surface area contributed by atoms with Gasteiger partial charge in [0, 0.05) is 37.7 Å². The number of ether oxygens (including phenoxy) is 1. The summed E-state index contributed by atoms with van der Waals surface area (Å²) in [5.74, 6) is 3.97. The van der Waals surface area contributed by atoms with Crippen molar-refractivity contribution in [1.82, 2.24) is 15.5 Å². The van der Waals surface area contributed by atoms with Crippen LogP contribution in [0.15, 0.2) is 47.1 Å². The van der Waals surface area contributed by atoms with E-state index in [0.717, 1.165) is 48.1 Å². The number of urea groups is 1. The predicted molar refractivity (Wildman–Crippen MR) is 108 cm³/mol. The highest BCUT2D eigenvalue weighted by Crippen LogP contribution is 2.24. The standard InChI is InChI=1S/C20H27N3O3S/c1-25-17-6-4-16(5-7-17)8-9-21-20(24)22-15-18(19-3-2-12-26-19)23-10-13-27-14-11-23/h2-7,12,18H,8-11,13-15H2,1H3,(H2,21,22,24). The van der Waals surface area contributed by atoms with E-state index >= 15 is 0 Å². The lowest BCUT2D eigenvalue weighted by Crippen LogP contribution is -2.44. The van der Waals surface area contributed by atoms with Crippen molar-refractivity contribution >= 4 is 17.8 Å². The van der Waals surface area contributed by atoms with Gasteiger partial charge in [-0.05, 0) is 36.2 Å². The number of nitrogens with zero attached hydrogens (tertiary/aromatic N) is 1. The Hall–Kier alpha value is -2.12. The van der Waals surface area contributed by atoms with E-state index in [1.54, 1.807) is 13.4 Å². The van der Waals surface area contributed by atoms with Crippen molar-refractivity contribution in [3.63, 3.8) is 0 Å². The maximum atomic E-state index is 12.2. The van der Waals surface area contributed by atoms with Gasteiger partial charge in [-0.15, -0.1) is 0 Å². The van der Waals surface area contributed by atoms with Gasteiger partial charge in [0.1, 0.15) is 11.5 Å². The van der Waals surface area contributed by atoms with E-state index in [9.17, 15) is 4.79 Å². The number of methoxy groups -OCH3 is 1. The van der Waals surface area contributed by atoms with Crippen LogP contribution < -0.4 is 15.4 Å². The monoisotopic (exact) mass is 389 g/mol. The normalized spacial score (nSPS) is 15.9. The zero-order valence-corrected chi connectivity index (χ0v) is 16.5. The summed E-state index contributed by atoms with van der Waals surface area (Å²) >= 11 is 1.97. The lowest BCUT2D eigenvalue weighted by molar-refractivity contribution is 0.185. The molecular weight excluding hydrogens is 362 g/mol. The minimum absolute atomic E-state index is 0.0771. The summed E-state index contributed by atoms with van der Waals surface area (Å²) in [6.45, 7) is 3.14. The van der Waals surface area contributed by atoms with Crippen LogP contribution in [-0.4, -0.2) is 55.7 Å². The molecule has 1 saturated heterocycles. The maximum absolute atomic E-state index is 12.2. The average molecular weight is 390 g/mol. The molecule has 2 amide bonds. The Bertz CT molecular complexity index is 685. The predicted octanol–water partition coefficient (Wildman–Crippen LogP) is 2.92. The Morgan fingerprint density at radius 2 is 2.00 bits per heavy atom. The number of rotatable bonds is 8. The Morgan fingerprint density at radius 1 is 1.22 bits per heavy atom. The molecule has 2 N–H and O–H groups in total. The molecular formula is C20H27N3O3S. The fourth-order valence-electron chi connectivity index (χ4n) is 3.14. The first-order valence-electron chi connectivity index (χ1n) is 9.26. The molecule has 1 unspecified atom stereocenters. The molecule has 7 heteroatoms. The third-order valence-corrected chi connectivity index (χ3v) is 5.61. The number of hydrogen-bond acceptors (Lipinski definition) is 5. The summed E-state index contributed by atoms with van der Waals surface area (Å²) in [4.78, 5) is 14.6. The van der Waals surface area contributed by atoms with Crippen LogP contribution in [0.1, 0.15) is 17.4 Å². The summed E-state index contributed by atoms with van der Waals surface area (Å²) < 4.78 is 10.8. The fourth-order valence-corrected chi connectivity index (χ4v) is 4.08. The van der Waals surface area contributed by atoms with Crippen LogP contribution in [0.5, 0.6) is 5.75 Å². The number of carbonyl (C=O) groups is 1. The summed E-state index contributed by atoms with van der Waals surface area (Å²) in [6.07, 6.45) is 2.47. The quantitative estimate of drug-likeness (QED) is 0.727. The van der Waals surface area contributed by atoms with Crippen molar-refractivity contribution < 1.29 is 13.9 Å². The van der Waals surface area contributed by atoms with Gasteiger partial charge in [0.25, 0.3) is 0 Å². The number of hydrogen-bond donors (Lipinski definition) is 2. The molecule has 0 spiro atoms. The van der Waals surface area contributed by atoms with Gasteiger partial charge in [0.2, 0.25) is 0 Å². The second-order valence-electron chi connectivity index (χ2n) is 6.41. The molecule has 6 nitrogen and oxygen atoms in total. The Morgan fingerprint density at radius 3 is 2.67 bits per heavy atom. The van der Waals surface area contributed by atoms with Crippen LogP contribution in [0, 0.1) is 0 Å². The summed E-state index contributed by atoms with van der Waals surface area (Å²) in [6, 6.07) is 11.7. The third-order valence-electron chi connectivity index (χ3n) is 4.67. The van der Waals surface area contributed by atoms with Crippen molar-refractivity contribution in [1.29, 1.82) is 0 Å². The van der Waals surface area contributed by atoms with Gasteiger partial charge in [0.05, 0.1) is 19.4 Å². The van der Waals surface area contributed by atoms with E-state index in [1.165, 1.54) is 0 Å². The van der Waals surface area contributed by atoms with Crippen LogP contribution in [0.4, 0.5) is 4.79 Å². The van der Waals surface area contributed by atoms with Crippen molar-refractivity contribution in [2.45, 2.75) is 12.5 Å². The highest BCUT2D eigenvalue weighted by atomic mass is 32.2. The van der Waals surface area contributed by atoms with Crippen LogP contribution >= 0.6 is 11.8 Å². The van der Waals surface area contributed by atoms with E-state index in [1.807, 2.05) is 48.2 Å². The zero-order chi connectivity index (χ0) is 18.9. The minimum atomic E-state index is -0.147. The van der Waals surface area contributed by atoms with Gasteiger partial charge in [-0.25, -0.2) is 4.79 Å². The van der Waals surface area contributed by atoms with E-state index in [4.69, 9.17) is 9.15 Å². The lowest BCUT2D eigenvalue weighted by Gasteiger charge is -2.33. The number of furan rings is 1. The number of amides is 2. The van der Waals surface area contributed by atoms with Gasteiger partial charge in [0.15, 0.2) is 0 Å². The number of thioether (sulfide) groups is 1. The molecule has 0 radical (unpaired) electrons. The highest BCUT2D eigenvalue weighted by molar-refractivity contribution is 7.99. The van der Waals surface area contributed by atoms with Crippen molar-refractivity contribution in [2.24, 2.45) is 0 Å². The van der Waals surface area contributed by atoms with Crippen LogP contribution in [0.25, 0.3) is 0 Å². The first kappa shape index (κ1) is 19.6. The molecule has 1 atom stereocenters. The van der Waals surface area contributed by atoms with E-state index in [-0.39, 0.29) is 12.1 Å². The Labute approximate surface area is 164 Å². The highest BCUT2D eigenvalue weighted by Gasteiger charge is 2.25. The van der Waals surface area contributed by atoms with E-state index in [0.29, 0.717) is 13.1 Å². The van der Waals surface area contributed by atoms with Gasteiger partial charge >= 0.3 is 6.03 Å². The Kier molecular flexibility index (Phi) is 7.47. The molecule has 1 aliphatic rings. The molecule has 146 valence electrons. The maximum Gasteiger partial charge on any atom is 0.314 e. The molecule has 0 bridgehead atoms. The van der Waals surface area contributed by atoms with Crippen LogP contribution in [-0.2, 0) is 6.42 Å². The second kappa shape index (κ2) is 10.3. The molecule has 3 rings (SSSR count). The van der Waals surface area contributed by atoms with Gasteiger partial charge in [-0.1, -0.05) is 12.1 Å². The van der Waals surface area contributed by atoms with Gasteiger partial charge in [-0.3, -0.25) is 4.90 Å². The van der Waals surface area contributed by atoms with E-state index < -0.39 is 0 Å². The largest absolute Gasteiger partial charge is 0.497 e. The third kappa shape index (κ3) is 5.94. The first-order chi connectivity index (χ1) is 13.3. The fraction of sp³-hybridized carbons (Fsp3) is 0.450. The van der Waals surface area contributed by atoms with Gasteiger partial charge < -0.3 is 19.8 Å². The van der Waals surface area contributed by atoms with Gasteiger partial charge in [-0.2, -0.15) is 11.8 Å². The topological polar surface area (TPSA) is 66.7 Å². The summed E-state index contributed by atoms with van der Waals surface area (Å²) in [5, 5.41) is 5.92. The molecule has 1 fully saturated rings. The smallest absolute Gasteiger partial charge is 0.314 e. The second-order valence-corrected chi connectivity index (χ2v) is 7.64. The summed E-state index contributed by atoms with van der Waals surface area (Å²) in [7, 11) is 1.65. The lowest BCUT2D eigenvalue weighted by atomic mass is 10.1. The van der Waals surface area contributed by atoms with Crippen LogP contribution in [0.3, 0.4) is 0 Å². The molecule has 2 aromatic rings. The average Bonchev–Trinajstić information content (AvgIpc) is 3.24. The zero-order valence-electron chi connectivity index (χ0n) is 15.6. The SMILES string of the molecule is COc1ccc(CCNC(=O)NCC(c2ccco2)N2CCSCC2)cc1. The molecule has 27 heavy (non-hydrogen) atoms. The van der Waals surface area contributed by atoms with Crippen molar-refractivity contribution in [2.75, 3.05) is 44.8 Å². The number of nitrogens with one attached hydrogen (secondary N) is 2. The number of benzene rings is 1. The molecule has 1 aromatic carbocycles. The summed E-state index contributed by atoms with van der Waals surface area (Å²) in [5.41, 5.74) is 1.16. The molecule has 1 aliphatic heterocycles. The molecule has 0 saturated carbocycles.